The highest BCUT2D eigenvalue weighted by atomic mass is 79.9. The molecule has 0 saturated carbocycles. The van der Waals surface area contributed by atoms with E-state index < -0.39 is 0 Å². The molecule has 8 heteroatoms. The van der Waals surface area contributed by atoms with Gasteiger partial charge in [-0.05, 0) is 29.0 Å². The molecular weight excluding hydrogens is 312 g/mol. The minimum absolute atomic E-state index is 0.216. The van der Waals surface area contributed by atoms with E-state index in [1.165, 1.54) is 0 Å². The number of aromatic nitrogens is 1. The van der Waals surface area contributed by atoms with E-state index in [4.69, 9.17) is 5.84 Å². The van der Waals surface area contributed by atoms with Crippen LogP contribution in [0.2, 0.25) is 0 Å². The molecule has 2 rings (SSSR count). The van der Waals surface area contributed by atoms with E-state index in [0.29, 0.717) is 11.4 Å². The second-order valence-electron chi connectivity index (χ2n) is 4.43. The number of carbonyl (C=O) groups excluding carboxylic acids is 1. The average Bonchev–Trinajstić information content (AvgIpc) is 2.41. The topological polar surface area (TPSA) is 86.5 Å². The highest BCUT2D eigenvalue weighted by molar-refractivity contribution is 9.10. The third-order valence-electron chi connectivity index (χ3n) is 3.00. The van der Waals surface area contributed by atoms with Gasteiger partial charge in [0.15, 0.2) is 5.82 Å². The summed E-state index contributed by atoms with van der Waals surface area (Å²) in [5, 5.41) is 1.91. The number of hydrogen-bond donors (Lipinski definition) is 3. The summed E-state index contributed by atoms with van der Waals surface area (Å²) < 4.78 is 0.732. The fourth-order valence-electron chi connectivity index (χ4n) is 1.85. The maximum absolute atomic E-state index is 12.2. The normalized spacial score (nSPS) is 17.2. The van der Waals surface area contributed by atoms with E-state index >= 15 is 0 Å². The largest absolute Gasteiger partial charge is 0.308 e. The van der Waals surface area contributed by atoms with Crippen LogP contribution in [0.25, 0.3) is 0 Å². The first-order valence-corrected chi connectivity index (χ1v) is 6.76. The number of pyridine rings is 1. The van der Waals surface area contributed by atoms with Crippen LogP contribution in [0.3, 0.4) is 0 Å². The number of hydrazine groups is 2. The zero-order valence-corrected chi connectivity index (χ0v) is 12.3. The lowest BCUT2D eigenvalue weighted by Gasteiger charge is -2.32. The van der Waals surface area contributed by atoms with Gasteiger partial charge >= 0.3 is 0 Å². The van der Waals surface area contributed by atoms with Crippen LogP contribution in [0, 0.1) is 0 Å². The summed E-state index contributed by atoms with van der Waals surface area (Å²) in [5.41, 5.74) is 5.71. The monoisotopic (exact) mass is 328 g/mol. The first-order valence-electron chi connectivity index (χ1n) is 5.97. The van der Waals surface area contributed by atoms with Gasteiger partial charge in [-0.1, -0.05) is 0 Å². The van der Waals surface area contributed by atoms with Crippen molar-refractivity contribution in [2.45, 2.75) is 0 Å². The minimum atomic E-state index is -0.216. The Morgan fingerprint density at radius 1 is 1.42 bits per heavy atom. The van der Waals surface area contributed by atoms with E-state index in [9.17, 15) is 4.79 Å². The maximum Gasteiger partial charge on any atom is 0.269 e. The molecule has 0 aliphatic carbocycles. The van der Waals surface area contributed by atoms with Gasteiger partial charge in [0, 0.05) is 36.8 Å². The molecule has 1 saturated heterocycles. The number of anilines is 1. The van der Waals surface area contributed by atoms with Crippen molar-refractivity contribution in [2.24, 2.45) is 5.84 Å². The number of nitrogens with two attached hydrogens (primary N) is 1. The van der Waals surface area contributed by atoms with Crippen molar-refractivity contribution in [1.82, 2.24) is 20.3 Å². The van der Waals surface area contributed by atoms with Gasteiger partial charge in [0.25, 0.3) is 5.91 Å². The third-order valence-corrected chi connectivity index (χ3v) is 3.43. The summed E-state index contributed by atoms with van der Waals surface area (Å²) >= 11 is 3.30. The van der Waals surface area contributed by atoms with E-state index in [-0.39, 0.29) is 5.91 Å². The fourth-order valence-corrected chi connectivity index (χ4v) is 2.18. The van der Waals surface area contributed by atoms with Crippen LogP contribution < -0.4 is 16.7 Å². The van der Waals surface area contributed by atoms with E-state index in [0.717, 1.165) is 30.7 Å². The maximum atomic E-state index is 12.2. The second kappa shape index (κ2) is 6.29. The number of nitrogens with one attached hydrogen (secondary N) is 2. The standard InChI is InChI=1S/C11H17BrN6O/c1-17-2-4-18(5-3-17)16-11(19)9-6-8(12)7-14-10(9)15-13/h6-7H,2-5,13H2,1H3,(H,14,15)(H,16,19). The molecule has 1 aliphatic rings. The first-order chi connectivity index (χ1) is 9.10. The number of nitrogens with zero attached hydrogens (tertiary/aromatic N) is 3. The summed E-state index contributed by atoms with van der Waals surface area (Å²) in [7, 11) is 2.06. The van der Waals surface area contributed by atoms with Crippen LogP contribution in [-0.2, 0) is 0 Å². The Kier molecular flexibility index (Phi) is 4.70. The summed E-state index contributed by atoms with van der Waals surface area (Å²) in [5.74, 6) is 5.50. The highest BCUT2D eigenvalue weighted by Gasteiger charge is 2.19. The van der Waals surface area contributed by atoms with Crippen molar-refractivity contribution in [1.29, 1.82) is 0 Å². The van der Waals surface area contributed by atoms with Gasteiger partial charge < -0.3 is 10.3 Å². The molecule has 0 unspecified atom stereocenters. The minimum Gasteiger partial charge on any atom is -0.308 e. The summed E-state index contributed by atoms with van der Waals surface area (Å²) in [6.45, 7) is 3.46. The van der Waals surface area contributed by atoms with E-state index in [1.54, 1.807) is 12.3 Å². The predicted molar refractivity (Wildman–Crippen MR) is 76.3 cm³/mol. The van der Waals surface area contributed by atoms with Crippen molar-refractivity contribution in [3.05, 3.63) is 22.3 Å². The number of amides is 1. The number of piperazine rings is 1. The number of halogens is 1. The van der Waals surface area contributed by atoms with Crippen LogP contribution in [0.5, 0.6) is 0 Å². The van der Waals surface area contributed by atoms with Crippen LogP contribution in [0.1, 0.15) is 10.4 Å². The summed E-state index contributed by atoms with van der Waals surface area (Å²) in [6.07, 6.45) is 1.59. The Labute approximate surface area is 120 Å². The SMILES string of the molecule is CN1CCN(NC(=O)c2cc(Br)cnc2NN)CC1. The van der Waals surface area contributed by atoms with Crippen LogP contribution in [0.15, 0.2) is 16.7 Å². The van der Waals surface area contributed by atoms with Gasteiger partial charge in [-0.15, -0.1) is 0 Å². The van der Waals surface area contributed by atoms with Crippen molar-refractivity contribution in [3.63, 3.8) is 0 Å². The molecule has 104 valence electrons. The molecule has 0 atom stereocenters. The van der Waals surface area contributed by atoms with Crippen molar-refractivity contribution in [3.8, 4) is 0 Å². The Morgan fingerprint density at radius 3 is 2.74 bits per heavy atom. The first kappa shape index (κ1) is 14.2. The number of hydrogen-bond acceptors (Lipinski definition) is 6. The Morgan fingerprint density at radius 2 is 2.11 bits per heavy atom. The number of likely N-dealkylation sites (N-methyl/N-ethyl adjacent to an activating group) is 1. The highest BCUT2D eigenvalue weighted by Crippen LogP contribution is 2.17. The molecule has 4 N–H and O–H groups in total. The third kappa shape index (κ3) is 3.63. The molecule has 0 spiro atoms. The van der Waals surface area contributed by atoms with Crippen LogP contribution in [0.4, 0.5) is 5.82 Å². The fraction of sp³-hybridized carbons (Fsp3) is 0.455. The molecule has 1 amide bonds. The van der Waals surface area contributed by atoms with Crippen LogP contribution in [-0.4, -0.2) is 54.0 Å². The van der Waals surface area contributed by atoms with Crippen molar-refractivity contribution >= 4 is 27.7 Å². The predicted octanol–water partition coefficient (Wildman–Crippen LogP) is 0.0219. The molecule has 0 radical (unpaired) electrons. The summed E-state index contributed by atoms with van der Waals surface area (Å²) in [4.78, 5) is 18.5. The van der Waals surface area contributed by atoms with Crippen molar-refractivity contribution in [2.75, 3.05) is 38.7 Å². The van der Waals surface area contributed by atoms with Gasteiger partial charge in [-0.3, -0.25) is 10.2 Å². The quantitative estimate of drug-likeness (QED) is 0.536. The van der Waals surface area contributed by atoms with Gasteiger partial charge in [0.05, 0.1) is 5.56 Å². The lowest BCUT2D eigenvalue weighted by atomic mass is 10.2. The molecule has 1 fully saturated rings. The lowest BCUT2D eigenvalue weighted by Crippen LogP contribution is -2.52. The summed E-state index contributed by atoms with van der Waals surface area (Å²) in [6, 6.07) is 1.69. The Hall–Kier alpha value is -1.22. The molecule has 0 bridgehead atoms. The average molecular weight is 329 g/mol. The molecule has 7 nitrogen and oxygen atoms in total. The molecule has 1 aromatic rings. The Bertz CT molecular complexity index is 460. The van der Waals surface area contributed by atoms with Crippen molar-refractivity contribution < 1.29 is 4.79 Å². The van der Waals surface area contributed by atoms with Gasteiger partial charge in [-0.25, -0.2) is 15.8 Å². The van der Waals surface area contributed by atoms with Gasteiger partial charge in [0.2, 0.25) is 0 Å². The van der Waals surface area contributed by atoms with Gasteiger partial charge in [0.1, 0.15) is 0 Å². The number of carbonyl (C=O) groups is 1. The molecule has 0 aromatic carbocycles. The molecule has 2 heterocycles. The number of rotatable bonds is 3. The molecule has 19 heavy (non-hydrogen) atoms. The zero-order valence-electron chi connectivity index (χ0n) is 10.7. The number of nitrogen functional groups attached to an aromatic ring is 1. The Balaban J connectivity index is 2.05. The smallest absolute Gasteiger partial charge is 0.269 e. The molecule has 1 aliphatic heterocycles. The van der Waals surface area contributed by atoms with Crippen LogP contribution >= 0.6 is 15.9 Å². The zero-order chi connectivity index (χ0) is 13.8. The lowest BCUT2D eigenvalue weighted by molar-refractivity contribution is 0.0663. The van der Waals surface area contributed by atoms with Gasteiger partial charge in [-0.2, -0.15) is 0 Å². The van der Waals surface area contributed by atoms with E-state index in [1.807, 2.05) is 5.01 Å². The molecule has 1 aromatic heterocycles. The second-order valence-corrected chi connectivity index (χ2v) is 5.34. The van der Waals surface area contributed by atoms with E-state index in [2.05, 4.69) is 43.7 Å². The molecular formula is C11H17BrN6O.